The zero-order valence-electron chi connectivity index (χ0n) is 14.5. The van der Waals surface area contributed by atoms with Crippen LogP contribution in [0.5, 0.6) is 0 Å². The maximum atomic E-state index is 12.5. The topological polar surface area (TPSA) is 39.9 Å². The van der Waals surface area contributed by atoms with Gasteiger partial charge >= 0.3 is 6.18 Å². The first-order valence-electron chi connectivity index (χ1n) is 7.90. The van der Waals surface area contributed by atoms with E-state index in [4.69, 9.17) is 4.74 Å². The van der Waals surface area contributed by atoms with Crippen LogP contribution in [0.3, 0.4) is 0 Å². The molecule has 1 aromatic heterocycles. The number of hydrogen-bond acceptors (Lipinski definition) is 4. The Morgan fingerprint density at radius 1 is 1.16 bits per heavy atom. The fraction of sp³-hybridized carbons (Fsp3) is 0.500. The van der Waals surface area contributed by atoms with Gasteiger partial charge in [-0.05, 0) is 23.7 Å². The van der Waals surface area contributed by atoms with Crippen molar-refractivity contribution in [1.29, 1.82) is 0 Å². The van der Waals surface area contributed by atoms with Crippen molar-refractivity contribution in [2.24, 2.45) is 0 Å². The Balaban J connectivity index is 1.77. The standard InChI is InChI=1S/C16H22F3N3OSSi/c1-25(2,3)9-8-23-12-22-11-20-15(21-22)24-10-13-4-6-14(7-5-13)16(17,18)19/h4-7,11H,8-10,12H2,1-3H3. The molecule has 138 valence electrons. The Labute approximate surface area is 150 Å². The van der Waals surface area contributed by atoms with Crippen molar-refractivity contribution in [3.63, 3.8) is 0 Å². The first kappa shape index (κ1) is 20.0. The summed E-state index contributed by atoms with van der Waals surface area (Å²) in [4.78, 5) is 4.18. The van der Waals surface area contributed by atoms with Gasteiger partial charge in [0.25, 0.3) is 0 Å². The molecule has 0 saturated carbocycles. The third kappa shape index (κ3) is 7.21. The number of benzene rings is 1. The molecule has 0 amide bonds. The minimum atomic E-state index is -4.30. The summed E-state index contributed by atoms with van der Waals surface area (Å²) >= 11 is 1.38. The number of aromatic nitrogens is 3. The van der Waals surface area contributed by atoms with Crippen LogP contribution in [0.25, 0.3) is 0 Å². The van der Waals surface area contributed by atoms with E-state index in [-0.39, 0.29) is 0 Å². The van der Waals surface area contributed by atoms with E-state index in [9.17, 15) is 13.2 Å². The highest BCUT2D eigenvalue weighted by Gasteiger charge is 2.29. The van der Waals surface area contributed by atoms with Crippen molar-refractivity contribution in [2.75, 3.05) is 6.61 Å². The van der Waals surface area contributed by atoms with Crippen LogP contribution in [0.1, 0.15) is 11.1 Å². The van der Waals surface area contributed by atoms with Gasteiger partial charge in [0.15, 0.2) is 0 Å². The molecule has 2 rings (SSSR count). The van der Waals surface area contributed by atoms with Crippen LogP contribution in [0.4, 0.5) is 13.2 Å². The Morgan fingerprint density at radius 3 is 2.44 bits per heavy atom. The normalized spacial score (nSPS) is 12.6. The molecule has 0 atom stereocenters. The average Bonchev–Trinajstić information content (AvgIpc) is 2.96. The highest BCUT2D eigenvalue weighted by atomic mass is 32.2. The molecule has 1 aromatic carbocycles. The SMILES string of the molecule is C[Si](C)(C)CCOCn1cnc(SCc2ccc(C(F)(F)F)cc2)n1. The van der Waals surface area contributed by atoms with Gasteiger partial charge in [0.05, 0.1) is 5.56 Å². The number of nitrogens with zero attached hydrogens (tertiary/aromatic N) is 3. The molecule has 0 N–H and O–H groups in total. The average molecular weight is 390 g/mol. The van der Waals surface area contributed by atoms with Gasteiger partial charge in [0, 0.05) is 20.4 Å². The molecular formula is C16H22F3N3OSSi. The number of ether oxygens (including phenoxy) is 1. The molecule has 0 saturated heterocycles. The van der Waals surface area contributed by atoms with E-state index in [1.165, 1.54) is 23.9 Å². The minimum absolute atomic E-state index is 0.359. The van der Waals surface area contributed by atoms with Crippen molar-refractivity contribution >= 4 is 19.8 Å². The monoisotopic (exact) mass is 389 g/mol. The minimum Gasteiger partial charge on any atom is -0.359 e. The van der Waals surface area contributed by atoms with Gasteiger partial charge in [0.1, 0.15) is 13.1 Å². The Kier molecular flexibility index (Phi) is 6.70. The van der Waals surface area contributed by atoms with Gasteiger partial charge in [-0.1, -0.05) is 43.5 Å². The lowest BCUT2D eigenvalue weighted by Gasteiger charge is -2.15. The predicted molar refractivity (Wildman–Crippen MR) is 95.1 cm³/mol. The number of rotatable bonds is 8. The number of hydrogen-bond donors (Lipinski definition) is 0. The first-order chi connectivity index (χ1) is 11.6. The highest BCUT2D eigenvalue weighted by Crippen LogP contribution is 2.30. The summed E-state index contributed by atoms with van der Waals surface area (Å²) in [7, 11) is -1.10. The number of thioether (sulfide) groups is 1. The zero-order valence-corrected chi connectivity index (χ0v) is 16.3. The molecule has 0 unspecified atom stereocenters. The molecule has 1 heterocycles. The molecule has 0 aliphatic carbocycles. The largest absolute Gasteiger partial charge is 0.416 e. The molecule has 25 heavy (non-hydrogen) atoms. The predicted octanol–water partition coefficient (Wildman–Crippen LogP) is 4.90. The summed E-state index contributed by atoms with van der Waals surface area (Å²) in [6.45, 7) is 7.95. The Hall–Kier alpha value is -1.32. The quantitative estimate of drug-likeness (QED) is 0.366. The van der Waals surface area contributed by atoms with Crippen molar-refractivity contribution in [2.45, 2.75) is 49.5 Å². The van der Waals surface area contributed by atoms with E-state index in [0.29, 0.717) is 24.2 Å². The zero-order chi connectivity index (χ0) is 18.5. The summed E-state index contributed by atoms with van der Waals surface area (Å²) in [5.41, 5.74) is 0.153. The van der Waals surface area contributed by atoms with Crippen LogP contribution in [-0.4, -0.2) is 29.4 Å². The smallest absolute Gasteiger partial charge is 0.359 e. The van der Waals surface area contributed by atoms with Crippen molar-refractivity contribution < 1.29 is 17.9 Å². The lowest BCUT2D eigenvalue weighted by molar-refractivity contribution is -0.137. The molecule has 0 aliphatic rings. The van der Waals surface area contributed by atoms with E-state index in [2.05, 4.69) is 29.7 Å². The van der Waals surface area contributed by atoms with Crippen molar-refractivity contribution in [1.82, 2.24) is 14.8 Å². The lowest BCUT2D eigenvalue weighted by Crippen LogP contribution is -2.22. The summed E-state index contributed by atoms with van der Waals surface area (Å²) in [5, 5.41) is 4.87. The second-order valence-corrected chi connectivity index (χ2v) is 13.5. The molecule has 2 aromatic rings. The second-order valence-electron chi connectivity index (χ2n) is 6.90. The molecular weight excluding hydrogens is 367 g/mol. The van der Waals surface area contributed by atoms with Crippen LogP contribution in [0.2, 0.25) is 25.7 Å². The summed E-state index contributed by atoms with van der Waals surface area (Å²) in [6.07, 6.45) is -2.70. The number of halogens is 3. The molecule has 4 nitrogen and oxygen atoms in total. The first-order valence-corrected chi connectivity index (χ1v) is 12.6. The molecule has 9 heteroatoms. The lowest BCUT2D eigenvalue weighted by atomic mass is 10.1. The van der Waals surface area contributed by atoms with E-state index in [0.717, 1.165) is 23.7 Å². The molecule has 0 aliphatic heterocycles. The second kappa shape index (κ2) is 8.37. The maximum Gasteiger partial charge on any atom is 0.416 e. The third-order valence-electron chi connectivity index (χ3n) is 3.38. The van der Waals surface area contributed by atoms with Crippen LogP contribution in [0, 0.1) is 0 Å². The van der Waals surface area contributed by atoms with Crippen molar-refractivity contribution in [3.05, 3.63) is 41.7 Å². The van der Waals surface area contributed by atoms with Crippen LogP contribution >= 0.6 is 11.8 Å². The fourth-order valence-electron chi connectivity index (χ4n) is 1.88. The third-order valence-corrected chi connectivity index (χ3v) is 6.01. The fourth-order valence-corrected chi connectivity index (χ4v) is 3.41. The summed E-state index contributed by atoms with van der Waals surface area (Å²) < 4.78 is 44.8. The van der Waals surface area contributed by atoms with Gasteiger partial charge in [-0.2, -0.15) is 13.2 Å². The maximum absolute atomic E-state index is 12.5. The highest BCUT2D eigenvalue weighted by molar-refractivity contribution is 7.98. The molecule has 0 spiro atoms. The van der Waals surface area contributed by atoms with Gasteiger partial charge in [-0.3, -0.25) is 0 Å². The summed E-state index contributed by atoms with van der Waals surface area (Å²) in [5.74, 6) is 0.513. The molecule has 0 bridgehead atoms. The van der Waals surface area contributed by atoms with Gasteiger partial charge < -0.3 is 4.74 Å². The van der Waals surface area contributed by atoms with Gasteiger partial charge in [-0.15, -0.1) is 5.10 Å². The van der Waals surface area contributed by atoms with Gasteiger partial charge in [-0.25, -0.2) is 9.67 Å². The molecule has 0 radical (unpaired) electrons. The van der Waals surface area contributed by atoms with Crippen LogP contribution in [0.15, 0.2) is 35.7 Å². The van der Waals surface area contributed by atoms with Gasteiger partial charge in [0.2, 0.25) is 5.16 Å². The van der Waals surface area contributed by atoms with Crippen LogP contribution in [-0.2, 0) is 23.4 Å². The Morgan fingerprint density at radius 2 is 1.84 bits per heavy atom. The van der Waals surface area contributed by atoms with E-state index in [1.807, 2.05) is 0 Å². The van der Waals surface area contributed by atoms with Crippen LogP contribution < -0.4 is 0 Å². The van der Waals surface area contributed by atoms with E-state index >= 15 is 0 Å². The molecule has 0 fully saturated rings. The number of alkyl halides is 3. The summed E-state index contributed by atoms with van der Waals surface area (Å²) in [6, 6.07) is 6.23. The van der Waals surface area contributed by atoms with Crippen molar-refractivity contribution in [3.8, 4) is 0 Å². The Bertz CT molecular complexity index is 668. The van der Waals surface area contributed by atoms with E-state index in [1.54, 1.807) is 11.0 Å². The van der Waals surface area contributed by atoms with E-state index < -0.39 is 19.8 Å².